The molecule has 0 spiro atoms. The summed E-state index contributed by atoms with van der Waals surface area (Å²) in [6.45, 7) is 7.14. The number of carbonyl (C=O) groups is 1. The summed E-state index contributed by atoms with van der Waals surface area (Å²) in [5.41, 5.74) is 0. The average molecular weight is 251 g/mol. The van der Waals surface area contributed by atoms with Crippen LogP contribution in [0.5, 0.6) is 0 Å². The molecule has 0 saturated carbocycles. The first-order chi connectivity index (χ1) is 8.66. The predicted molar refractivity (Wildman–Crippen MR) is 79.5 cm³/mol. The van der Waals surface area contributed by atoms with Crippen LogP contribution < -0.4 is 5.32 Å². The van der Waals surface area contributed by atoms with Crippen molar-refractivity contribution >= 4 is 5.91 Å². The van der Waals surface area contributed by atoms with Gasteiger partial charge in [-0.15, -0.1) is 0 Å². The average Bonchev–Trinajstić information content (AvgIpc) is 2.34. The zero-order chi connectivity index (χ0) is 13.6. The quantitative estimate of drug-likeness (QED) is 0.351. The van der Waals surface area contributed by atoms with E-state index in [2.05, 4.69) is 32.2 Å². The van der Waals surface area contributed by atoms with E-state index in [4.69, 9.17) is 0 Å². The zero-order valence-corrected chi connectivity index (χ0v) is 12.2. The normalized spacial score (nSPS) is 11.8. The van der Waals surface area contributed by atoms with Crippen LogP contribution in [0.1, 0.15) is 59.3 Å². The highest BCUT2D eigenvalue weighted by Crippen LogP contribution is 2.05. The van der Waals surface area contributed by atoms with Crippen molar-refractivity contribution in [2.75, 3.05) is 6.54 Å². The molecule has 0 aliphatic rings. The number of hydrogen-bond acceptors (Lipinski definition) is 1. The third-order valence-electron chi connectivity index (χ3n) is 2.65. The summed E-state index contributed by atoms with van der Waals surface area (Å²) in [6, 6.07) is 0. The Kier molecular flexibility index (Phi) is 11.7. The molecule has 1 amide bonds. The molecule has 2 heteroatoms. The van der Waals surface area contributed by atoms with Gasteiger partial charge < -0.3 is 5.32 Å². The number of amides is 1. The van der Waals surface area contributed by atoms with Gasteiger partial charge in [0.2, 0.25) is 5.91 Å². The SMILES string of the molecule is CCCCCCC/C=C/C=C\C(=O)NCC(C)C. The maximum Gasteiger partial charge on any atom is 0.243 e. The lowest BCUT2D eigenvalue weighted by molar-refractivity contribution is -0.116. The van der Waals surface area contributed by atoms with Gasteiger partial charge in [0.05, 0.1) is 0 Å². The van der Waals surface area contributed by atoms with Crippen molar-refractivity contribution in [1.29, 1.82) is 0 Å². The number of carbonyl (C=O) groups excluding carboxylic acids is 1. The van der Waals surface area contributed by atoms with Gasteiger partial charge in [0.1, 0.15) is 0 Å². The Labute approximate surface area is 113 Å². The van der Waals surface area contributed by atoms with E-state index in [-0.39, 0.29) is 5.91 Å². The molecule has 104 valence electrons. The largest absolute Gasteiger partial charge is 0.352 e. The van der Waals surface area contributed by atoms with Gasteiger partial charge in [0.15, 0.2) is 0 Å². The van der Waals surface area contributed by atoms with E-state index in [1.807, 2.05) is 12.2 Å². The lowest BCUT2D eigenvalue weighted by Gasteiger charge is -2.03. The molecule has 0 aliphatic carbocycles. The molecule has 0 unspecified atom stereocenters. The molecule has 0 saturated heterocycles. The fourth-order valence-corrected chi connectivity index (χ4v) is 1.55. The molecular formula is C16H29NO. The molecule has 0 aliphatic heterocycles. The Morgan fingerprint density at radius 2 is 1.83 bits per heavy atom. The smallest absolute Gasteiger partial charge is 0.243 e. The van der Waals surface area contributed by atoms with Gasteiger partial charge >= 0.3 is 0 Å². The van der Waals surface area contributed by atoms with Crippen molar-refractivity contribution in [3.63, 3.8) is 0 Å². The second kappa shape index (κ2) is 12.4. The zero-order valence-electron chi connectivity index (χ0n) is 12.2. The molecule has 0 atom stereocenters. The Bertz CT molecular complexity index is 254. The summed E-state index contributed by atoms with van der Waals surface area (Å²) >= 11 is 0. The minimum absolute atomic E-state index is 0.00343. The molecule has 0 rings (SSSR count). The van der Waals surface area contributed by atoms with Crippen LogP contribution in [0.15, 0.2) is 24.3 Å². The van der Waals surface area contributed by atoms with Crippen LogP contribution in [-0.4, -0.2) is 12.5 Å². The third-order valence-corrected chi connectivity index (χ3v) is 2.65. The van der Waals surface area contributed by atoms with Gasteiger partial charge in [-0.1, -0.05) is 64.7 Å². The topological polar surface area (TPSA) is 29.1 Å². The molecule has 0 aromatic carbocycles. The van der Waals surface area contributed by atoms with Crippen LogP contribution in [0.4, 0.5) is 0 Å². The molecule has 0 radical (unpaired) electrons. The Morgan fingerprint density at radius 3 is 2.50 bits per heavy atom. The summed E-state index contributed by atoms with van der Waals surface area (Å²) in [6.07, 6.45) is 15.2. The number of hydrogen-bond donors (Lipinski definition) is 1. The Balaban J connectivity index is 3.47. The minimum atomic E-state index is -0.00343. The monoisotopic (exact) mass is 251 g/mol. The Hall–Kier alpha value is -1.05. The van der Waals surface area contributed by atoms with Crippen molar-refractivity contribution in [1.82, 2.24) is 5.32 Å². The van der Waals surface area contributed by atoms with Gasteiger partial charge in [-0.05, 0) is 18.8 Å². The van der Waals surface area contributed by atoms with Gasteiger partial charge in [-0.25, -0.2) is 0 Å². The fourth-order valence-electron chi connectivity index (χ4n) is 1.55. The summed E-state index contributed by atoms with van der Waals surface area (Å²) in [7, 11) is 0. The summed E-state index contributed by atoms with van der Waals surface area (Å²) in [4.78, 5) is 11.3. The first-order valence-electron chi connectivity index (χ1n) is 7.27. The number of allylic oxidation sites excluding steroid dienone is 3. The number of rotatable bonds is 10. The second-order valence-electron chi connectivity index (χ2n) is 5.13. The molecule has 18 heavy (non-hydrogen) atoms. The number of unbranched alkanes of at least 4 members (excludes halogenated alkanes) is 5. The van der Waals surface area contributed by atoms with Crippen LogP contribution in [-0.2, 0) is 4.79 Å². The third kappa shape index (κ3) is 13.0. The molecule has 0 fully saturated rings. The lowest BCUT2D eigenvalue weighted by Crippen LogP contribution is -2.25. The van der Waals surface area contributed by atoms with E-state index in [0.717, 1.165) is 13.0 Å². The first-order valence-corrected chi connectivity index (χ1v) is 7.27. The fraction of sp³-hybridized carbons (Fsp3) is 0.688. The van der Waals surface area contributed by atoms with E-state index >= 15 is 0 Å². The van der Waals surface area contributed by atoms with Crippen LogP contribution in [0.3, 0.4) is 0 Å². The molecule has 2 nitrogen and oxygen atoms in total. The lowest BCUT2D eigenvalue weighted by atomic mass is 10.1. The van der Waals surface area contributed by atoms with Crippen LogP contribution in [0.25, 0.3) is 0 Å². The minimum Gasteiger partial charge on any atom is -0.352 e. The maximum absolute atomic E-state index is 11.3. The summed E-state index contributed by atoms with van der Waals surface area (Å²) in [5, 5.41) is 2.85. The van der Waals surface area contributed by atoms with Gasteiger partial charge in [-0.2, -0.15) is 0 Å². The number of nitrogens with one attached hydrogen (secondary N) is 1. The predicted octanol–water partition coefficient (Wildman–Crippen LogP) is 4.23. The molecule has 0 heterocycles. The van der Waals surface area contributed by atoms with E-state index in [0.29, 0.717) is 5.92 Å². The highest BCUT2D eigenvalue weighted by Gasteiger charge is 1.95. The van der Waals surface area contributed by atoms with E-state index in [9.17, 15) is 4.79 Å². The molecular weight excluding hydrogens is 222 g/mol. The standard InChI is InChI=1S/C16H29NO/c1-4-5-6-7-8-9-10-11-12-13-16(18)17-14-15(2)3/h10-13,15H,4-9,14H2,1-3H3,(H,17,18)/b11-10+,13-12-. The van der Waals surface area contributed by atoms with Gasteiger partial charge in [0, 0.05) is 12.6 Å². The van der Waals surface area contributed by atoms with Crippen molar-refractivity contribution < 1.29 is 4.79 Å². The van der Waals surface area contributed by atoms with Crippen LogP contribution >= 0.6 is 0 Å². The highest BCUT2D eigenvalue weighted by atomic mass is 16.1. The van der Waals surface area contributed by atoms with Gasteiger partial charge in [-0.3, -0.25) is 4.79 Å². The van der Waals surface area contributed by atoms with Crippen LogP contribution in [0, 0.1) is 5.92 Å². The van der Waals surface area contributed by atoms with Crippen molar-refractivity contribution in [3.8, 4) is 0 Å². The van der Waals surface area contributed by atoms with E-state index in [1.54, 1.807) is 6.08 Å². The highest BCUT2D eigenvalue weighted by molar-refractivity contribution is 5.87. The van der Waals surface area contributed by atoms with Crippen molar-refractivity contribution in [2.24, 2.45) is 5.92 Å². The Morgan fingerprint density at radius 1 is 1.11 bits per heavy atom. The van der Waals surface area contributed by atoms with Crippen LogP contribution in [0.2, 0.25) is 0 Å². The van der Waals surface area contributed by atoms with Crippen molar-refractivity contribution in [3.05, 3.63) is 24.3 Å². The first kappa shape index (κ1) is 16.9. The van der Waals surface area contributed by atoms with E-state index in [1.165, 1.54) is 32.1 Å². The summed E-state index contributed by atoms with van der Waals surface area (Å²) in [5.74, 6) is 0.498. The van der Waals surface area contributed by atoms with Crippen molar-refractivity contribution in [2.45, 2.75) is 59.3 Å². The summed E-state index contributed by atoms with van der Waals surface area (Å²) < 4.78 is 0. The molecule has 0 bridgehead atoms. The maximum atomic E-state index is 11.3. The molecule has 0 aromatic rings. The second-order valence-corrected chi connectivity index (χ2v) is 5.13. The van der Waals surface area contributed by atoms with E-state index < -0.39 is 0 Å². The molecule has 1 N–H and O–H groups in total. The van der Waals surface area contributed by atoms with Gasteiger partial charge in [0.25, 0.3) is 0 Å². The molecule has 0 aromatic heterocycles.